The maximum atomic E-state index is 11.9. The van der Waals surface area contributed by atoms with Gasteiger partial charge in [-0.15, -0.1) is 0 Å². The summed E-state index contributed by atoms with van der Waals surface area (Å²) in [4.78, 5) is 11.9. The smallest absolute Gasteiger partial charge is 0.240 e. The molecule has 0 saturated heterocycles. The number of carbonyl (C=O) groups excluding carboxylic acids is 1. The summed E-state index contributed by atoms with van der Waals surface area (Å²) in [6.45, 7) is 4.35. The van der Waals surface area contributed by atoms with E-state index in [4.69, 9.17) is 0 Å². The zero-order valence-corrected chi connectivity index (χ0v) is 14.4. The van der Waals surface area contributed by atoms with Crippen LogP contribution in [0.4, 0.5) is 0 Å². The topological polar surface area (TPSA) is 41.5 Å². The van der Waals surface area contributed by atoms with Crippen molar-refractivity contribution in [2.24, 2.45) is 28.3 Å². The summed E-state index contributed by atoms with van der Waals surface area (Å²) in [6.07, 6.45) is 13.5. The molecule has 124 valence electrons. The van der Waals surface area contributed by atoms with Gasteiger partial charge in [0.25, 0.3) is 0 Å². The average Bonchev–Trinajstić information content (AvgIpc) is 2.48. The Morgan fingerprint density at radius 3 is 2.18 bits per heavy atom. The van der Waals surface area contributed by atoms with Crippen LogP contribution < -0.4 is 5.43 Å². The molecule has 0 aliphatic heterocycles. The van der Waals surface area contributed by atoms with Crippen LogP contribution in [0.15, 0.2) is 5.10 Å². The summed E-state index contributed by atoms with van der Waals surface area (Å²) >= 11 is 0. The van der Waals surface area contributed by atoms with Crippen molar-refractivity contribution >= 4 is 11.6 Å². The standard InChI is InChI=1S/C19H32N2O/c1-3-4-5-6-7-18(22)21-20-14(2)19-11-15-8-16(12-19)10-17(9-15)13-19/h15-17H,3-13H2,1-2H3,(H,21,22)/b20-14-. The zero-order chi connectivity index (χ0) is 15.6. The third-order valence-corrected chi connectivity index (χ3v) is 6.41. The first-order valence-electron chi connectivity index (χ1n) is 9.45. The number of nitrogens with zero attached hydrogens (tertiary/aromatic N) is 1. The average molecular weight is 304 g/mol. The summed E-state index contributed by atoms with van der Waals surface area (Å²) in [5, 5.41) is 4.53. The van der Waals surface area contributed by atoms with Crippen LogP contribution in [0.25, 0.3) is 0 Å². The molecule has 0 spiro atoms. The van der Waals surface area contributed by atoms with Gasteiger partial charge in [0, 0.05) is 17.5 Å². The predicted octanol–water partition coefficient (Wildman–Crippen LogP) is 4.67. The molecule has 0 radical (unpaired) electrons. The molecule has 4 aliphatic carbocycles. The minimum Gasteiger partial charge on any atom is -0.273 e. The SMILES string of the molecule is CCCCCCC(=O)N/N=C(/C)C12CC3CC(CC(C3)C1)C2. The molecule has 4 aliphatic rings. The second-order valence-electron chi connectivity index (χ2n) is 8.24. The Bertz CT molecular complexity index is 405. The molecule has 3 heteroatoms. The van der Waals surface area contributed by atoms with E-state index in [2.05, 4.69) is 24.4 Å². The Labute approximate surface area is 135 Å². The Kier molecular flexibility index (Phi) is 4.89. The van der Waals surface area contributed by atoms with Crippen LogP contribution in [0.5, 0.6) is 0 Å². The molecule has 22 heavy (non-hydrogen) atoms. The van der Waals surface area contributed by atoms with Gasteiger partial charge in [-0.1, -0.05) is 26.2 Å². The monoisotopic (exact) mass is 304 g/mol. The van der Waals surface area contributed by atoms with Gasteiger partial charge in [0.05, 0.1) is 0 Å². The summed E-state index contributed by atoms with van der Waals surface area (Å²) < 4.78 is 0. The summed E-state index contributed by atoms with van der Waals surface area (Å²) in [5.41, 5.74) is 4.36. The molecule has 0 unspecified atom stereocenters. The third kappa shape index (κ3) is 3.38. The number of rotatable bonds is 7. The van der Waals surface area contributed by atoms with Gasteiger partial charge >= 0.3 is 0 Å². The highest BCUT2D eigenvalue weighted by atomic mass is 16.2. The van der Waals surface area contributed by atoms with Crippen LogP contribution in [0.1, 0.15) is 84.5 Å². The van der Waals surface area contributed by atoms with Crippen molar-refractivity contribution in [1.82, 2.24) is 5.43 Å². The van der Waals surface area contributed by atoms with Gasteiger partial charge in [0.15, 0.2) is 0 Å². The van der Waals surface area contributed by atoms with E-state index in [0.29, 0.717) is 11.8 Å². The lowest BCUT2D eigenvalue weighted by atomic mass is 9.48. The number of hydrazone groups is 1. The van der Waals surface area contributed by atoms with E-state index in [1.807, 2.05) is 0 Å². The first-order valence-corrected chi connectivity index (χ1v) is 9.45. The van der Waals surface area contributed by atoms with Crippen LogP contribution in [0, 0.1) is 23.2 Å². The molecule has 4 saturated carbocycles. The molecule has 0 atom stereocenters. The highest BCUT2D eigenvalue weighted by molar-refractivity contribution is 5.89. The van der Waals surface area contributed by atoms with E-state index in [9.17, 15) is 4.79 Å². The van der Waals surface area contributed by atoms with Crippen molar-refractivity contribution < 1.29 is 4.79 Å². The molecule has 4 bridgehead atoms. The first kappa shape index (κ1) is 16.0. The Hall–Kier alpha value is -0.860. The molecule has 1 N–H and O–H groups in total. The molecule has 4 fully saturated rings. The maximum absolute atomic E-state index is 11.9. The van der Waals surface area contributed by atoms with E-state index in [0.717, 1.165) is 30.6 Å². The molecule has 0 heterocycles. The van der Waals surface area contributed by atoms with Gasteiger partial charge in [-0.25, -0.2) is 5.43 Å². The van der Waals surface area contributed by atoms with Crippen LogP contribution in [-0.4, -0.2) is 11.6 Å². The summed E-state index contributed by atoms with van der Waals surface area (Å²) in [6, 6.07) is 0. The Morgan fingerprint density at radius 1 is 1.05 bits per heavy atom. The quantitative estimate of drug-likeness (QED) is 0.414. The van der Waals surface area contributed by atoms with Crippen LogP contribution in [0.3, 0.4) is 0 Å². The van der Waals surface area contributed by atoms with E-state index in [1.165, 1.54) is 57.1 Å². The molecule has 1 amide bonds. The second kappa shape index (κ2) is 6.72. The number of amides is 1. The molecule has 0 aromatic carbocycles. The lowest BCUT2D eigenvalue weighted by Crippen LogP contribution is -2.49. The number of hydrogen-bond donors (Lipinski definition) is 1. The van der Waals surface area contributed by atoms with Gasteiger partial charge in [-0.05, 0) is 69.6 Å². The maximum Gasteiger partial charge on any atom is 0.240 e. The number of nitrogens with one attached hydrogen (secondary N) is 1. The Morgan fingerprint density at radius 2 is 1.64 bits per heavy atom. The lowest BCUT2D eigenvalue weighted by molar-refractivity contribution is -0.121. The van der Waals surface area contributed by atoms with Crippen molar-refractivity contribution in [1.29, 1.82) is 0 Å². The number of unbranched alkanes of at least 4 members (excludes halogenated alkanes) is 3. The molecule has 4 rings (SSSR count). The van der Waals surface area contributed by atoms with Gasteiger partial charge in [0.1, 0.15) is 0 Å². The molecular weight excluding hydrogens is 272 g/mol. The fourth-order valence-electron chi connectivity index (χ4n) is 5.59. The fourth-order valence-corrected chi connectivity index (χ4v) is 5.59. The van der Waals surface area contributed by atoms with Crippen molar-refractivity contribution in [3.63, 3.8) is 0 Å². The van der Waals surface area contributed by atoms with Crippen molar-refractivity contribution in [3.8, 4) is 0 Å². The highest BCUT2D eigenvalue weighted by Gasteiger charge is 2.52. The van der Waals surface area contributed by atoms with E-state index in [-0.39, 0.29) is 5.91 Å². The minimum absolute atomic E-state index is 0.0974. The zero-order valence-electron chi connectivity index (χ0n) is 14.4. The predicted molar refractivity (Wildman–Crippen MR) is 90.6 cm³/mol. The summed E-state index contributed by atoms with van der Waals surface area (Å²) in [7, 11) is 0. The van der Waals surface area contributed by atoms with E-state index >= 15 is 0 Å². The van der Waals surface area contributed by atoms with Crippen LogP contribution >= 0.6 is 0 Å². The van der Waals surface area contributed by atoms with Gasteiger partial charge in [-0.3, -0.25) is 4.79 Å². The minimum atomic E-state index is 0.0974. The second-order valence-corrected chi connectivity index (χ2v) is 8.24. The molecular formula is C19H32N2O. The van der Waals surface area contributed by atoms with Gasteiger partial charge in [-0.2, -0.15) is 5.10 Å². The highest BCUT2D eigenvalue weighted by Crippen LogP contribution is 2.60. The van der Waals surface area contributed by atoms with Crippen LogP contribution in [0.2, 0.25) is 0 Å². The first-order chi connectivity index (χ1) is 10.6. The van der Waals surface area contributed by atoms with E-state index in [1.54, 1.807) is 0 Å². The third-order valence-electron chi connectivity index (χ3n) is 6.41. The number of hydrogen-bond acceptors (Lipinski definition) is 2. The molecule has 3 nitrogen and oxygen atoms in total. The summed E-state index contributed by atoms with van der Waals surface area (Å²) in [5.74, 6) is 2.89. The Balaban J connectivity index is 1.52. The van der Waals surface area contributed by atoms with Crippen molar-refractivity contribution in [2.45, 2.75) is 84.5 Å². The largest absolute Gasteiger partial charge is 0.273 e. The van der Waals surface area contributed by atoms with E-state index < -0.39 is 0 Å². The normalized spacial score (nSPS) is 36.6. The van der Waals surface area contributed by atoms with Crippen molar-refractivity contribution in [2.75, 3.05) is 0 Å². The fraction of sp³-hybridized carbons (Fsp3) is 0.895. The van der Waals surface area contributed by atoms with Gasteiger partial charge < -0.3 is 0 Å². The van der Waals surface area contributed by atoms with Crippen LogP contribution in [-0.2, 0) is 4.79 Å². The molecule has 0 aromatic heterocycles. The van der Waals surface area contributed by atoms with Crippen molar-refractivity contribution in [3.05, 3.63) is 0 Å². The van der Waals surface area contributed by atoms with Gasteiger partial charge in [0.2, 0.25) is 5.91 Å². The molecule has 0 aromatic rings. The lowest BCUT2D eigenvalue weighted by Gasteiger charge is -2.56. The number of carbonyl (C=O) groups is 1.